The Morgan fingerprint density at radius 3 is 2.69 bits per heavy atom. The SMILES string of the molecule is COc1cn(C(Cc2ccn(C3CC3)n2)C(=O)Cc2ccc3ncncc3c2)c(=O)cc1-c1cc(Cl)ccc1C(C)=O. The molecule has 3 heterocycles. The predicted octanol–water partition coefficient (Wildman–Crippen LogP) is 5.45. The van der Waals surface area contributed by atoms with Crippen molar-refractivity contribution in [2.75, 3.05) is 7.11 Å². The number of carbonyl (C=O) groups is 2. The number of rotatable bonds is 10. The monoisotopic (exact) mass is 581 g/mol. The second-order valence-electron chi connectivity index (χ2n) is 10.5. The van der Waals surface area contributed by atoms with Crippen LogP contribution in [0.4, 0.5) is 0 Å². The second-order valence-corrected chi connectivity index (χ2v) is 11.0. The Labute approximate surface area is 246 Å². The van der Waals surface area contributed by atoms with Gasteiger partial charge in [-0.1, -0.05) is 17.7 Å². The lowest BCUT2D eigenvalue weighted by atomic mass is 9.96. The van der Waals surface area contributed by atoms with Crippen LogP contribution in [0.15, 0.2) is 78.2 Å². The van der Waals surface area contributed by atoms with E-state index in [0.717, 1.165) is 35.0 Å². The molecule has 9 nitrogen and oxygen atoms in total. The van der Waals surface area contributed by atoms with Gasteiger partial charge in [-0.25, -0.2) is 9.97 Å². The van der Waals surface area contributed by atoms with Gasteiger partial charge in [0.25, 0.3) is 5.56 Å². The molecule has 5 aromatic rings. The summed E-state index contributed by atoms with van der Waals surface area (Å²) in [5, 5.41) is 5.94. The number of methoxy groups -OCH3 is 1. The minimum atomic E-state index is -0.850. The first-order chi connectivity index (χ1) is 20.3. The third-order valence-corrected chi connectivity index (χ3v) is 7.79. The van der Waals surface area contributed by atoms with Crippen LogP contribution in [0.3, 0.4) is 0 Å². The molecule has 1 aliphatic carbocycles. The van der Waals surface area contributed by atoms with Gasteiger partial charge in [0.05, 0.1) is 30.6 Å². The fourth-order valence-corrected chi connectivity index (χ4v) is 5.42. The number of hydrogen-bond donors (Lipinski definition) is 0. The van der Waals surface area contributed by atoms with Crippen molar-refractivity contribution in [2.45, 2.75) is 44.7 Å². The zero-order valence-corrected chi connectivity index (χ0v) is 23.9. The topological polar surface area (TPSA) is 109 Å². The molecule has 1 aliphatic rings. The molecule has 0 spiro atoms. The third-order valence-electron chi connectivity index (χ3n) is 7.56. The van der Waals surface area contributed by atoms with E-state index in [0.29, 0.717) is 33.5 Å². The van der Waals surface area contributed by atoms with Gasteiger partial charge >= 0.3 is 0 Å². The number of pyridine rings is 1. The molecule has 3 aromatic heterocycles. The van der Waals surface area contributed by atoms with Crippen LogP contribution < -0.4 is 10.3 Å². The average Bonchev–Trinajstić information content (AvgIpc) is 3.73. The molecule has 6 rings (SSSR count). The van der Waals surface area contributed by atoms with Crippen LogP contribution >= 0.6 is 11.6 Å². The van der Waals surface area contributed by atoms with Gasteiger partial charge in [0.2, 0.25) is 0 Å². The van der Waals surface area contributed by atoms with Crippen molar-refractivity contribution in [3.8, 4) is 16.9 Å². The van der Waals surface area contributed by atoms with E-state index >= 15 is 0 Å². The summed E-state index contributed by atoms with van der Waals surface area (Å²) in [4.78, 5) is 48.4. The largest absolute Gasteiger partial charge is 0.495 e. The van der Waals surface area contributed by atoms with Crippen LogP contribution in [0, 0.1) is 0 Å². The Kier molecular flexibility index (Phi) is 7.43. The molecule has 0 N–H and O–H groups in total. The zero-order chi connectivity index (χ0) is 29.4. The number of hydrogen-bond acceptors (Lipinski definition) is 7. The van der Waals surface area contributed by atoms with Crippen LogP contribution in [0.2, 0.25) is 5.02 Å². The molecule has 212 valence electrons. The molecule has 0 aliphatic heterocycles. The van der Waals surface area contributed by atoms with Crippen LogP contribution in [0.1, 0.15) is 53.5 Å². The summed E-state index contributed by atoms with van der Waals surface area (Å²) in [6, 6.07) is 13.3. The Bertz CT molecular complexity index is 1890. The molecule has 1 saturated carbocycles. The molecule has 42 heavy (non-hydrogen) atoms. The van der Waals surface area contributed by atoms with Gasteiger partial charge in [-0.2, -0.15) is 5.10 Å². The number of ketones is 2. The van der Waals surface area contributed by atoms with E-state index in [9.17, 15) is 14.4 Å². The summed E-state index contributed by atoms with van der Waals surface area (Å²) < 4.78 is 9.03. The molecule has 0 amide bonds. The Morgan fingerprint density at radius 2 is 1.93 bits per heavy atom. The molecule has 1 unspecified atom stereocenters. The lowest BCUT2D eigenvalue weighted by Crippen LogP contribution is -2.32. The summed E-state index contributed by atoms with van der Waals surface area (Å²) in [6.07, 6.45) is 9.14. The Hall–Kier alpha value is -4.63. The summed E-state index contributed by atoms with van der Waals surface area (Å²) in [5.41, 5.74) is 3.20. The minimum absolute atomic E-state index is 0.0954. The average molecular weight is 582 g/mol. The van der Waals surface area contributed by atoms with Gasteiger partial charge in [-0.3, -0.25) is 19.1 Å². The van der Waals surface area contributed by atoms with Gasteiger partial charge in [-0.05, 0) is 67.3 Å². The van der Waals surface area contributed by atoms with Gasteiger partial charge in [0.15, 0.2) is 11.6 Å². The highest BCUT2D eigenvalue weighted by Crippen LogP contribution is 2.35. The normalized spacial score (nSPS) is 13.7. The van der Waals surface area contributed by atoms with Crippen molar-refractivity contribution in [1.82, 2.24) is 24.3 Å². The summed E-state index contributed by atoms with van der Waals surface area (Å²) in [7, 11) is 1.48. The first-order valence-electron chi connectivity index (χ1n) is 13.7. The van der Waals surface area contributed by atoms with Crippen LogP contribution in [0.25, 0.3) is 22.0 Å². The molecule has 2 aromatic carbocycles. The van der Waals surface area contributed by atoms with E-state index in [-0.39, 0.29) is 24.4 Å². The van der Waals surface area contributed by atoms with Crippen molar-refractivity contribution < 1.29 is 14.3 Å². The highest BCUT2D eigenvalue weighted by molar-refractivity contribution is 6.31. The maximum atomic E-state index is 14.0. The summed E-state index contributed by atoms with van der Waals surface area (Å²) >= 11 is 6.27. The zero-order valence-electron chi connectivity index (χ0n) is 23.2. The number of Topliss-reactive ketones (excluding diaryl/α,β-unsaturated/α-hetero) is 2. The fourth-order valence-electron chi connectivity index (χ4n) is 5.25. The quantitative estimate of drug-likeness (QED) is 0.202. The number of fused-ring (bicyclic) bond motifs is 1. The first kappa shape index (κ1) is 27.5. The lowest BCUT2D eigenvalue weighted by Gasteiger charge is -2.21. The van der Waals surface area contributed by atoms with Crippen LogP contribution in [-0.4, -0.2) is 43.0 Å². The predicted molar refractivity (Wildman–Crippen MR) is 159 cm³/mol. The number of carbonyl (C=O) groups excluding carboxylic acids is 2. The fraction of sp³-hybridized carbons (Fsp3) is 0.250. The van der Waals surface area contributed by atoms with Gasteiger partial charge in [0, 0.05) is 52.8 Å². The number of ether oxygens (including phenoxy) is 1. The molecule has 10 heteroatoms. The summed E-state index contributed by atoms with van der Waals surface area (Å²) in [6.45, 7) is 1.45. The minimum Gasteiger partial charge on any atom is -0.495 e. The molecule has 0 saturated heterocycles. The molecule has 1 fully saturated rings. The maximum Gasteiger partial charge on any atom is 0.252 e. The van der Waals surface area contributed by atoms with Crippen molar-refractivity contribution in [3.63, 3.8) is 0 Å². The van der Waals surface area contributed by atoms with Crippen molar-refractivity contribution >= 4 is 34.1 Å². The van der Waals surface area contributed by atoms with Crippen molar-refractivity contribution in [2.24, 2.45) is 0 Å². The van der Waals surface area contributed by atoms with Gasteiger partial charge in [-0.15, -0.1) is 0 Å². The van der Waals surface area contributed by atoms with E-state index in [1.165, 1.54) is 37.2 Å². The number of halogens is 1. The Morgan fingerprint density at radius 1 is 1.10 bits per heavy atom. The molecule has 0 bridgehead atoms. The highest BCUT2D eigenvalue weighted by Gasteiger charge is 2.28. The molecule has 0 radical (unpaired) electrons. The highest BCUT2D eigenvalue weighted by atomic mass is 35.5. The van der Waals surface area contributed by atoms with Crippen molar-refractivity contribution in [3.05, 3.63) is 106 Å². The number of nitrogens with zero attached hydrogens (tertiary/aromatic N) is 5. The van der Waals surface area contributed by atoms with E-state index in [1.54, 1.807) is 24.4 Å². The van der Waals surface area contributed by atoms with Crippen LogP contribution in [0.5, 0.6) is 5.75 Å². The lowest BCUT2D eigenvalue weighted by molar-refractivity contribution is -0.121. The van der Waals surface area contributed by atoms with Crippen LogP contribution in [-0.2, 0) is 17.6 Å². The first-order valence-corrected chi connectivity index (χ1v) is 14.0. The van der Waals surface area contributed by atoms with E-state index in [2.05, 4.69) is 9.97 Å². The van der Waals surface area contributed by atoms with Gasteiger partial charge < -0.3 is 9.30 Å². The smallest absolute Gasteiger partial charge is 0.252 e. The molecule has 1 atom stereocenters. The Balaban J connectivity index is 1.41. The standard InChI is InChI=1S/C32H28ClN5O4/c1-19(39)25-7-4-22(33)13-26(25)27-15-32(41)37(17-31(27)42-2)29(14-23-9-10-38(36-23)24-5-6-24)30(40)12-20-3-8-28-21(11-20)16-34-18-35-28/h3-4,7-11,13,15-18,24,29H,5-6,12,14H2,1-2H3. The van der Waals surface area contributed by atoms with E-state index in [4.69, 9.17) is 21.4 Å². The van der Waals surface area contributed by atoms with Gasteiger partial charge in [0.1, 0.15) is 18.1 Å². The number of aromatic nitrogens is 5. The van der Waals surface area contributed by atoms with Crippen molar-refractivity contribution in [1.29, 1.82) is 0 Å². The summed E-state index contributed by atoms with van der Waals surface area (Å²) in [5.74, 6) is 0.00720. The second kappa shape index (κ2) is 11.3. The molecular formula is C32H28ClN5O4. The number of benzene rings is 2. The van der Waals surface area contributed by atoms with E-state index in [1.807, 2.05) is 35.1 Å². The maximum absolute atomic E-state index is 14.0. The van der Waals surface area contributed by atoms with E-state index < -0.39 is 11.6 Å². The molecular weight excluding hydrogens is 554 g/mol. The third kappa shape index (κ3) is 5.60.